The fourth-order valence-corrected chi connectivity index (χ4v) is 2.81. The van der Waals surface area contributed by atoms with Gasteiger partial charge in [0.2, 0.25) is 0 Å². The molecule has 0 aliphatic heterocycles. The first kappa shape index (κ1) is 18.9. The SMILES string of the molecule is Cc1cnccc1C(=O)Nc1ccc(-c2cc(C(F)(F)F)ccc2Cl)cc1. The van der Waals surface area contributed by atoms with Gasteiger partial charge in [0.25, 0.3) is 5.91 Å². The molecule has 0 aliphatic rings. The Labute approximate surface area is 158 Å². The van der Waals surface area contributed by atoms with E-state index in [0.717, 1.165) is 17.7 Å². The van der Waals surface area contributed by atoms with E-state index < -0.39 is 11.7 Å². The summed E-state index contributed by atoms with van der Waals surface area (Å²) < 4.78 is 38.8. The van der Waals surface area contributed by atoms with E-state index in [1.54, 1.807) is 43.5 Å². The molecule has 1 heterocycles. The highest BCUT2D eigenvalue weighted by atomic mass is 35.5. The van der Waals surface area contributed by atoms with E-state index in [2.05, 4.69) is 10.3 Å². The van der Waals surface area contributed by atoms with E-state index in [1.165, 1.54) is 12.3 Å². The van der Waals surface area contributed by atoms with Gasteiger partial charge in [0.15, 0.2) is 0 Å². The lowest BCUT2D eigenvalue weighted by Gasteiger charge is -2.12. The molecule has 7 heteroatoms. The summed E-state index contributed by atoms with van der Waals surface area (Å²) in [5.74, 6) is -0.292. The highest BCUT2D eigenvalue weighted by Crippen LogP contribution is 2.36. The lowest BCUT2D eigenvalue weighted by Crippen LogP contribution is -2.13. The number of aryl methyl sites for hydroxylation is 1. The normalized spacial score (nSPS) is 11.3. The maximum absolute atomic E-state index is 12.9. The fourth-order valence-electron chi connectivity index (χ4n) is 2.58. The van der Waals surface area contributed by atoms with Crippen molar-refractivity contribution in [3.63, 3.8) is 0 Å². The number of hydrogen-bond acceptors (Lipinski definition) is 2. The van der Waals surface area contributed by atoms with Crippen LogP contribution in [-0.4, -0.2) is 10.9 Å². The van der Waals surface area contributed by atoms with Crippen molar-refractivity contribution >= 4 is 23.2 Å². The van der Waals surface area contributed by atoms with Gasteiger partial charge in [-0.25, -0.2) is 0 Å². The summed E-state index contributed by atoms with van der Waals surface area (Å²) >= 11 is 6.06. The number of carbonyl (C=O) groups excluding carboxylic acids is 1. The third-order valence-corrected chi connectivity index (χ3v) is 4.34. The van der Waals surface area contributed by atoms with Gasteiger partial charge in [0.05, 0.1) is 5.56 Å². The van der Waals surface area contributed by atoms with E-state index in [-0.39, 0.29) is 16.5 Å². The molecule has 0 saturated carbocycles. The minimum atomic E-state index is -4.45. The molecule has 3 rings (SSSR count). The Kier molecular flexibility index (Phi) is 5.19. The van der Waals surface area contributed by atoms with Crippen LogP contribution in [0, 0.1) is 6.92 Å². The smallest absolute Gasteiger partial charge is 0.322 e. The minimum absolute atomic E-state index is 0.215. The van der Waals surface area contributed by atoms with Crippen molar-refractivity contribution in [2.24, 2.45) is 0 Å². The predicted molar refractivity (Wildman–Crippen MR) is 98.8 cm³/mol. The molecule has 2 aromatic carbocycles. The van der Waals surface area contributed by atoms with Crippen molar-refractivity contribution in [3.05, 3.63) is 82.6 Å². The molecule has 1 aromatic heterocycles. The molecular formula is C20H14ClF3N2O. The van der Waals surface area contributed by atoms with Gasteiger partial charge >= 0.3 is 6.18 Å². The van der Waals surface area contributed by atoms with Gasteiger partial charge in [0, 0.05) is 34.2 Å². The zero-order chi connectivity index (χ0) is 19.6. The second-order valence-corrected chi connectivity index (χ2v) is 6.32. The molecule has 0 spiro atoms. The molecule has 1 N–H and O–H groups in total. The number of amides is 1. The monoisotopic (exact) mass is 390 g/mol. The summed E-state index contributed by atoms with van der Waals surface area (Å²) in [5.41, 5.74) is 1.77. The van der Waals surface area contributed by atoms with Crippen LogP contribution >= 0.6 is 11.6 Å². The largest absolute Gasteiger partial charge is 0.416 e. The van der Waals surface area contributed by atoms with Gasteiger partial charge in [-0.1, -0.05) is 23.7 Å². The summed E-state index contributed by atoms with van der Waals surface area (Å²) in [6.07, 6.45) is -1.33. The topological polar surface area (TPSA) is 42.0 Å². The zero-order valence-electron chi connectivity index (χ0n) is 14.1. The molecule has 138 valence electrons. The van der Waals surface area contributed by atoms with Gasteiger partial charge in [-0.05, 0) is 54.4 Å². The van der Waals surface area contributed by atoms with Gasteiger partial charge in [-0.15, -0.1) is 0 Å². The summed E-state index contributed by atoms with van der Waals surface area (Å²) in [4.78, 5) is 16.3. The highest BCUT2D eigenvalue weighted by molar-refractivity contribution is 6.33. The summed E-state index contributed by atoms with van der Waals surface area (Å²) in [5, 5.41) is 2.96. The minimum Gasteiger partial charge on any atom is -0.322 e. The lowest BCUT2D eigenvalue weighted by molar-refractivity contribution is -0.137. The van der Waals surface area contributed by atoms with Gasteiger partial charge < -0.3 is 5.32 Å². The molecule has 0 saturated heterocycles. The maximum Gasteiger partial charge on any atom is 0.416 e. The number of halogens is 4. The van der Waals surface area contributed by atoms with Gasteiger partial charge in [0.1, 0.15) is 0 Å². The fraction of sp³-hybridized carbons (Fsp3) is 0.100. The molecule has 0 aliphatic carbocycles. The Morgan fingerprint density at radius 1 is 1.07 bits per heavy atom. The van der Waals surface area contributed by atoms with Gasteiger partial charge in [-0.2, -0.15) is 13.2 Å². The molecule has 27 heavy (non-hydrogen) atoms. The Morgan fingerprint density at radius 3 is 2.41 bits per heavy atom. The standard InChI is InChI=1S/C20H14ClF3N2O/c1-12-11-25-9-8-16(12)19(27)26-15-5-2-13(3-6-15)17-10-14(20(22,23)24)4-7-18(17)21/h2-11H,1H3,(H,26,27). The van der Waals surface area contributed by atoms with Crippen molar-refractivity contribution in [2.75, 3.05) is 5.32 Å². The second-order valence-electron chi connectivity index (χ2n) is 5.91. The van der Waals surface area contributed by atoms with Crippen molar-refractivity contribution < 1.29 is 18.0 Å². The highest BCUT2D eigenvalue weighted by Gasteiger charge is 2.31. The number of rotatable bonds is 3. The third kappa shape index (κ3) is 4.28. The van der Waals surface area contributed by atoms with E-state index in [9.17, 15) is 18.0 Å². The first-order valence-corrected chi connectivity index (χ1v) is 8.32. The molecule has 0 atom stereocenters. The molecule has 0 fully saturated rings. The zero-order valence-corrected chi connectivity index (χ0v) is 14.9. The van der Waals surface area contributed by atoms with Gasteiger partial charge in [-0.3, -0.25) is 9.78 Å². The molecule has 0 bridgehead atoms. The van der Waals surface area contributed by atoms with E-state index in [4.69, 9.17) is 11.6 Å². The number of hydrogen-bond donors (Lipinski definition) is 1. The molecule has 3 nitrogen and oxygen atoms in total. The second kappa shape index (κ2) is 7.40. The maximum atomic E-state index is 12.9. The summed E-state index contributed by atoms with van der Waals surface area (Å²) in [6, 6.07) is 11.2. The number of benzene rings is 2. The van der Waals surface area contributed by atoms with Crippen molar-refractivity contribution in [1.29, 1.82) is 0 Å². The quantitative estimate of drug-likeness (QED) is 0.597. The Hall–Kier alpha value is -2.86. The molecule has 0 unspecified atom stereocenters. The molecule has 3 aromatic rings. The predicted octanol–water partition coefficient (Wildman–Crippen LogP) is 5.98. The Morgan fingerprint density at radius 2 is 1.78 bits per heavy atom. The number of alkyl halides is 3. The van der Waals surface area contributed by atoms with Crippen LogP contribution < -0.4 is 5.32 Å². The van der Waals surface area contributed by atoms with E-state index in [1.807, 2.05) is 0 Å². The van der Waals surface area contributed by atoms with Crippen molar-refractivity contribution in [3.8, 4) is 11.1 Å². The van der Waals surface area contributed by atoms with Crippen molar-refractivity contribution in [2.45, 2.75) is 13.1 Å². The number of nitrogens with one attached hydrogen (secondary N) is 1. The van der Waals surface area contributed by atoms with Crippen molar-refractivity contribution in [1.82, 2.24) is 4.98 Å². The molecule has 0 radical (unpaired) electrons. The van der Waals surface area contributed by atoms with Crippen LogP contribution in [0.4, 0.5) is 18.9 Å². The van der Waals surface area contributed by atoms with E-state index in [0.29, 0.717) is 16.8 Å². The Bertz CT molecular complexity index is 985. The van der Waals surface area contributed by atoms with E-state index >= 15 is 0 Å². The third-order valence-electron chi connectivity index (χ3n) is 4.01. The summed E-state index contributed by atoms with van der Waals surface area (Å²) in [7, 11) is 0. The average molecular weight is 391 g/mol. The number of anilines is 1. The van der Waals surface area contributed by atoms with Crippen LogP contribution in [0.5, 0.6) is 0 Å². The molecule has 1 amide bonds. The summed E-state index contributed by atoms with van der Waals surface area (Å²) in [6.45, 7) is 1.78. The van der Waals surface area contributed by atoms with Crippen LogP contribution in [-0.2, 0) is 6.18 Å². The van der Waals surface area contributed by atoms with Crippen LogP contribution in [0.15, 0.2) is 60.9 Å². The average Bonchev–Trinajstić information content (AvgIpc) is 2.62. The van der Waals surface area contributed by atoms with Crippen LogP contribution in [0.25, 0.3) is 11.1 Å². The number of nitrogens with zero attached hydrogens (tertiary/aromatic N) is 1. The first-order valence-electron chi connectivity index (χ1n) is 7.95. The number of aromatic nitrogens is 1. The first-order chi connectivity index (χ1) is 12.8. The Balaban J connectivity index is 1.84. The van der Waals surface area contributed by atoms with Crippen LogP contribution in [0.1, 0.15) is 21.5 Å². The molecular weight excluding hydrogens is 377 g/mol. The number of pyridine rings is 1. The van der Waals surface area contributed by atoms with Crippen LogP contribution in [0.2, 0.25) is 5.02 Å². The number of carbonyl (C=O) groups is 1. The lowest BCUT2D eigenvalue weighted by atomic mass is 10.0. The van der Waals surface area contributed by atoms with Crippen LogP contribution in [0.3, 0.4) is 0 Å².